The van der Waals surface area contributed by atoms with Gasteiger partial charge >= 0.3 is 5.97 Å². The van der Waals surface area contributed by atoms with Gasteiger partial charge in [0, 0.05) is 17.3 Å². The average Bonchev–Trinajstić information content (AvgIpc) is 3.35. The van der Waals surface area contributed by atoms with Crippen molar-refractivity contribution in [2.75, 3.05) is 12.9 Å². The molecule has 0 spiro atoms. The summed E-state index contributed by atoms with van der Waals surface area (Å²) < 4.78 is 32.1. The maximum Gasteiger partial charge on any atom is 0.342 e. The Bertz CT molecular complexity index is 1180. The number of thiazole rings is 1. The van der Waals surface area contributed by atoms with Crippen molar-refractivity contribution in [3.63, 3.8) is 0 Å². The van der Waals surface area contributed by atoms with Crippen molar-refractivity contribution in [2.45, 2.75) is 26.3 Å². The normalized spacial score (nSPS) is 15.4. The molecule has 0 fully saturated rings. The number of methoxy groups -OCH3 is 1. The van der Waals surface area contributed by atoms with Gasteiger partial charge in [-0.05, 0) is 35.4 Å². The van der Waals surface area contributed by atoms with E-state index in [1.165, 1.54) is 35.6 Å². The van der Waals surface area contributed by atoms with Crippen LogP contribution in [0.4, 0.5) is 0 Å². The Kier molecular flexibility index (Phi) is 7.77. The molecule has 176 valence electrons. The van der Waals surface area contributed by atoms with Gasteiger partial charge in [-0.1, -0.05) is 36.0 Å². The molecule has 12 heteroatoms. The number of aliphatic hydroxyl groups excluding tert-OH is 2. The Morgan fingerprint density at radius 2 is 1.73 bits per heavy atom. The van der Waals surface area contributed by atoms with E-state index in [-0.39, 0.29) is 5.75 Å². The highest BCUT2D eigenvalue weighted by Crippen LogP contribution is 2.31. The van der Waals surface area contributed by atoms with Crippen LogP contribution in [0, 0.1) is 0 Å². The molecular formula is C21H22N2O7S3. The van der Waals surface area contributed by atoms with Gasteiger partial charge in [-0.15, -0.1) is 11.3 Å². The van der Waals surface area contributed by atoms with Crippen LogP contribution in [0.15, 0.2) is 69.3 Å². The van der Waals surface area contributed by atoms with Gasteiger partial charge < -0.3 is 25.8 Å². The van der Waals surface area contributed by atoms with E-state index in [0.29, 0.717) is 15.7 Å². The molecule has 0 bridgehead atoms. The van der Waals surface area contributed by atoms with Crippen molar-refractivity contribution in [3.8, 4) is 16.9 Å². The number of carbonyl (C=O) groups is 1. The van der Waals surface area contributed by atoms with E-state index in [4.69, 9.17) is 10.5 Å². The number of benzene rings is 2. The summed E-state index contributed by atoms with van der Waals surface area (Å²) in [5, 5.41) is 32.3. The first-order valence-corrected chi connectivity index (χ1v) is 12.9. The molecule has 3 aromatic rings. The van der Waals surface area contributed by atoms with Crippen LogP contribution in [0.25, 0.3) is 11.1 Å². The Morgan fingerprint density at radius 3 is 2.21 bits per heavy atom. The molecule has 0 aliphatic rings. The lowest BCUT2D eigenvalue weighted by Crippen LogP contribution is -2.66. The van der Waals surface area contributed by atoms with Crippen LogP contribution in [-0.2, 0) is 14.6 Å². The van der Waals surface area contributed by atoms with Crippen LogP contribution in [0.2, 0.25) is 0 Å². The molecule has 9 nitrogen and oxygen atoms in total. The molecule has 2 aromatic carbocycles. The predicted octanol–water partition coefficient (Wildman–Crippen LogP) is 1.85. The van der Waals surface area contributed by atoms with Gasteiger partial charge in [-0.3, -0.25) is 0 Å². The number of aliphatic carboxylic acids is 1. The number of hydrogen-bond donors (Lipinski definition) is 4. The van der Waals surface area contributed by atoms with Crippen molar-refractivity contribution in [2.24, 2.45) is 5.73 Å². The van der Waals surface area contributed by atoms with E-state index in [0.717, 1.165) is 17.3 Å². The van der Waals surface area contributed by atoms with Crippen LogP contribution in [0.5, 0.6) is 5.75 Å². The Morgan fingerprint density at radius 1 is 1.15 bits per heavy atom. The number of carboxylic acid groups (broad SMARTS) is 1. The van der Waals surface area contributed by atoms with Gasteiger partial charge in [0.15, 0.2) is 0 Å². The lowest BCUT2D eigenvalue weighted by Gasteiger charge is -2.32. The van der Waals surface area contributed by atoms with Crippen LogP contribution in [0.3, 0.4) is 0 Å². The molecule has 3 unspecified atom stereocenters. The lowest BCUT2D eigenvalue weighted by molar-refractivity contribution is -0.145. The Hall–Kier alpha value is -2.48. The first kappa shape index (κ1) is 25.1. The van der Waals surface area contributed by atoms with Crippen molar-refractivity contribution in [3.05, 3.63) is 60.1 Å². The van der Waals surface area contributed by atoms with Crippen LogP contribution in [-0.4, -0.2) is 64.6 Å². The molecular weight excluding hydrogens is 488 g/mol. The number of aromatic nitrogens is 1. The minimum absolute atomic E-state index is 0.202. The molecule has 0 saturated heterocycles. The molecule has 3 atom stereocenters. The van der Waals surface area contributed by atoms with Crippen molar-refractivity contribution in [1.82, 2.24) is 4.98 Å². The fraction of sp³-hybridized carbons (Fsp3) is 0.238. The first-order chi connectivity index (χ1) is 15.6. The van der Waals surface area contributed by atoms with E-state index >= 15 is 0 Å². The van der Waals surface area contributed by atoms with E-state index in [1.807, 2.05) is 0 Å². The summed E-state index contributed by atoms with van der Waals surface area (Å²) >= 11 is 2.33. The SMILES string of the molecule is COc1ccc(-c2ccc(S(=O)(=O)C(N)(C(=O)O)C(O)C(O)CSc3nccs3)cc2)cc1. The quantitative estimate of drug-likeness (QED) is 0.296. The standard InChI is InChI=1S/C21H22N2O7S3/c1-30-15-6-2-13(3-7-15)14-4-8-16(9-5-14)33(28,29)21(22,19(26)27)18(25)17(24)12-32-20-23-10-11-31-20/h2-11,17-18,24-25H,12,22H2,1H3,(H,26,27). The third-order valence-corrected chi connectivity index (χ3v) is 9.22. The summed E-state index contributed by atoms with van der Waals surface area (Å²) in [4.78, 5) is 12.4. The maximum absolute atomic E-state index is 13.2. The summed E-state index contributed by atoms with van der Waals surface area (Å²) in [5.41, 5.74) is 7.25. The zero-order valence-electron chi connectivity index (χ0n) is 17.4. The smallest absolute Gasteiger partial charge is 0.342 e. The van der Waals surface area contributed by atoms with Gasteiger partial charge in [0.25, 0.3) is 0 Å². The van der Waals surface area contributed by atoms with E-state index in [9.17, 15) is 28.5 Å². The molecule has 1 aromatic heterocycles. The fourth-order valence-electron chi connectivity index (χ4n) is 3.02. The van der Waals surface area contributed by atoms with Gasteiger partial charge in [0.2, 0.25) is 14.7 Å². The molecule has 3 rings (SSSR count). The van der Waals surface area contributed by atoms with E-state index < -0.39 is 37.8 Å². The number of sulfone groups is 1. The van der Waals surface area contributed by atoms with E-state index in [1.54, 1.807) is 43.0 Å². The lowest BCUT2D eigenvalue weighted by atomic mass is 10.1. The highest BCUT2D eigenvalue weighted by molar-refractivity contribution is 8.01. The zero-order valence-corrected chi connectivity index (χ0v) is 19.8. The number of thioether (sulfide) groups is 1. The number of nitrogens with two attached hydrogens (primary N) is 1. The Labute approximate surface area is 198 Å². The number of nitrogens with zero attached hydrogens (tertiary/aromatic N) is 1. The molecule has 0 aliphatic carbocycles. The molecule has 33 heavy (non-hydrogen) atoms. The van der Waals surface area contributed by atoms with Gasteiger partial charge in [0.05, 0.1) is 18.1 Å². The van der Waals surface area contributed by atoms with Crippen molar-refractivity contribution in [1.29, 1.82) is 0 Å². The van der Waals surface area contributed by atoms with Gasteiger partial charge in [-0.25, -0.2) is 18.2 Å². The number of rotatable bonds is 10. The third kappa shape index (κ3) is 5.05. The van der Waals surface area contributed by atoms with Crippen molar-refractivity contribution >= 4 is 38.9 Å². The Balaban J connectivity index is 1.86. The van der Waals surface area contributed by atoms with Crippen molar-refractivity contribution < 1.29 is 33.3 Å². The molecule has 5 N–H and O–H groups in total. The van der Waals surface area contributed by atoms with Crippen LogP contribution < -0.4 is 10.5 Å². The number of carboxylic acids is 1. The maximum atomic E-state index is 13.2. The first-order valence-electron chi connectivity index (χ1n) is 9.51. The summed E-state index contributed by atoms with van der Waals surface area (Å²) in [5.74, 6) is -1.52. The summed E-state index contributed by atoms with van der Waals surface area (Å²) in [6.45, 7) is 0. The monoisotopic (exact) mass is 510 g/mol. The molecule has 0 aliphatic heterocycles. The van der Waals surface area contributed by atoms with E-state index in [2.05, 4.69) is 4.98 Å². The topological polar surface area (TPSA) is 160 Å². The fourth-order valence-corrected chi connectivity index (χ4v) is 6.24. The summed E-state index contributed by atoms with van der Waals surface area (Å²) in [6.07, 6.45) is -2.50. The average molecular weight is 511 g/mol. The summed E-state index contributed by atoms with van der Waals surface area (Å²) in [7, 11) is -3.26. The van der Waals surface area contributed by atoms with Crippen LogP contribution >= 0.6 is 23.1 Å². The second-order valence-electron chi connectivity index (χ2n) is 6.98. The predicted molar refractivity (Wildman–Crippen MR) is 125 cm³/mol. The van der Waals surface area contributed by atoms with Crippen LogP contribution in [0.1, 0.15) is 0 Å². The number of aliphatic hydroxyl groups is 2. The minimum Gasteiger partial charge on any atom is -0.497 e. The number of ether oxygens (including phenoxy) is 1. The molecule has 0 saturated carbocycles. The second kappa shape index (κ2) is 10.2. The zero-order chi connectivity index (χ0) is 24.2. The summed E-state index contributed by atoms with van der Waals surface area (Å²) in [6, 6.07) is 12.5. The molecule has 1 heterocycles. The highest BCUT2D eigenvalue weighted by atomic mass is 32.2. The third-order valence-electron chi connectivity index (χ3n) is 4.96. The minimum atomic E-state index is -4.80. The second-order valence-corrected chi connectivity index (χ2v) is 11.3. The largest absolute Gasteiger partial charge is 0.497 e. The number of hydrogen-bond acceptors (Lipinski definition) is 10. The molecule has 0 amide bonds. The van der Waals surface area contributed by atoms with Gasteiger partial charge in [0.1, 0.15) is 16.2 Å². The van der Waals surface area contributed by atoms with Gasteiger partial charge in [-0.2, -0.15) is 0 Å². The highest BCUT2D eigenvalue weighted by Gasteiger charge is 2.56. The molecule has 0 radical (unpaired) electrons.